The summed E-state index contributed by atoms with van der Waals surface area (Å²) in [6, 6.07) is 0. The highest BCUT2D eigenvalue weighted by atomic mass is 16.6. The number of Topliss-reactive ketones (excluding diaryl/α,β-unsaturated/α-hetero) is 1. The molecule has 0 saturated carbocycles. The smallest absolute Gasteiger partial charge is 0.407 e. The van der Waals surface area contributed by atoms with Crippen molar-refractivity contribution in [2.45, 2.75) is 86.4 Å². The number of hydrogen-bond acceptors (Lipinski definition) is 5. The Balaban J connectivity index is -0.000000374. The van der Waals surface area contributed by atoms with Gasteiger partial charge in [-0.1, -0.05) is 13.8 Å². The van der Waals surface area contributed by atoms with Crippen molar-refractivity contribution in [1.29, 1.82) is 0 Å². The molecule has 0 saturated heterocycles. The van der Waals surface area contributed by atoms with E-state index in [1.54, 1.807) is 20.8 Å². The highest BCUT2D eigenvalue weighted by Gasteiger charge is 2.15. The molecule has 0 fully saturated rings. The van der Waals surface area contributed by atoms with Crippen molar-refractivity contribution >= 4 is 18.0 Å². The van der Waals surface area contributed by atoms with Crippen LogP contribution in [-0.4, -0.2) is 35.7 Å². The molecular formula is C17H36N2O5. The SMILES string of the molecule is CC.CC(=O)CCCNC(=O)OC(C)(C)C.CC(C)(C)OC(N)=O. The Morgan fingerprint density at radius 2 is 1.33 bits per heavy atom. The molecule has 0 radical (unpaired) electrons. The number of hydrogen-bond donors (Lipinski definition) is 2. The summed E-state index contributed by atoms with van der Waals surface area (Å²) in [5.41, 5.74) is 3.80. The van der Waals surface area contributed by atoms with Crippen LogP contribution in [0.15, 0.2) is 0 Å². The van der Waals surface area contributed by atoms with Gasteiger partial charge in [0.05, 0.1) is 0 Å². The zero-order valence-electron chi connectivity index (χ0n) is 16.7. The first kappa shape index (κ1) is 27.1. The topological polar surface area (TPSA) is 108 Å². The first-order chi connectivity index (χ1) is 10.7. The number of primary amides is 1. The summed E-state index contributed by atoms with van der Waals surface area (Å²) in [4.78, 5) is 31.7. The van der Waals surface area contributed by atoms with Crippen LogP contribution in [0, 0.1) is 0 Å². The molecule has 24 heavy (non-hydrogen) atoms. The maximum atomic E-state index is 11.1. The fraction of sp³-hybridized carbons (Fsp3) is 0.824. The van der Waals surface area contributed by atoms with Gasteiger partial charge in [-0.2, -0.15) is 0 Å². The van der Waals surface area contributed by atoms with Crippen LogP contribution in [0.5, 0.6) is 0 Å². The number of ether oxygens (including phenoxy) is 2. The third-order valence-electron chi connectivity index (χ3n) is 1.78. The molecule has 0 aromatic heterocycles. The lowest BCUT2D eigenvalue weighted by atomic mass is 10.2. The highest BCUT2D eigenvalue weighted by Crippen LogP contribution is 2.06. The number of rotatable bonds is 4. The Morgan fingerprint density at radius 1 is 0.917 bits per heavy atom. The van der Waals surface area contributed by atoms with Crippen LogP contribution in [0.4, 0.5) is 9.59 Å². The molecule has 0 aliphatic carbocycles. The second-order valence-electron chi connectivity index (χ2n) is 6.77. The van der Waals surface area contributed by atoms with E-state index in [1.165, 1.54) is 6.92 Å². The van der Waals surface area contributed by atoms with Crippen molar-refractivity contribution in [3.63, 3.8) is 0 Å². The van der Waals surface area contributed by atoms with Gasteiger partial charge in [0.2, 0.25) is 0 Å². The number of ketones is 1. The molecule has 0 aliphatic rings. The molecule has 3 N–H and O–H groups in total. The van der Waals surface area contributed by atoms with E-state index in [0.29, 0.717) is 19.4 Å². The fourth-order valence-corrected chi connectivity index (χ4v) is 1.14. The molecular weight excluding hydrogens is 312 g/mol. The molecule has 0 unspecified atom stereocenters. The summed E-state index contributed by atoms with van der Waals surface area (Å²) >= 11 is 0. The van der Waals surface area contributed by atoms with Crippen molar-refractivity contribution < 1.29 is 23.9 Å². The first-order valence-electron chi connectivity index (χ1n) is 8.17. The Morgan fingerprint density at radius 3 is 1.58 bits per heavy atom. The van der Waals surface area contributed by atoms with E-state index in [9.17, 15) is 14.4 Å². The number of nitrogens with two attached hydrogens (primary N) is 1. The zero-order valence-corrected chi connectivity index (χ0v) is 16.7. The van der Waals surface area contributed by atoms with Crippen LogP contribution >= 0.6 is 0 Å². The third kappa shape index (κ3) is 32.2. The highest BCUT2D eigenvalue weighted by molar-refractivity contribution is 5.75. The molecule has 0 aromatic rings. The predicted molar refractivity (Wildman–Crippen MR) is 95.9 cm³/mol. The summed E-state index contributed by atoms with van der Waals surface area (Å²) in [6.45, 7) is 16.7. The van der Waals surface area contributed by atoms with Gasteiger partial charge >= 0.3 is 12.2 Å². The molecule has 144 valence electrons. The third-order valence-corrected chi connectivity index (χ3v) is 1.78. The lowest BCUT2D eigenvalue weighted by Gasteiger charge is -2.19. The fourth-order valence-electron chi connectivity index (χ4n) is 1.14. The average Bonchev–Trinajstić information content (AvgIpc) is 2.32. The lowest BCUT2D eigenvalue weighted by Crippen LogP contribution is -2.33. The number of carbonyl (C=O) groups excluding carboxylic acids is 3. The molecule has 0 rings (SSSR count). The average molecular weight is 348 g/mol. The van der Waals surface area contributed by atoms with Gasteiger partial charge < -0.3 is 25.3 Å². The summed E-state index contributed by atoms with van der Waals surface area (Å²) < 4.78 is 9.59. The number of nitrogens with one attached hydrogen (secondary N) is 1. The van der Waals surface area contributed by atoms with Gasteiger partial charge in [0.25, 0.3) is 0 Å². The van der Waals surface area contributed by atoms with E-state index in [1.807, 2.05) is 34.6 Å². The Labute approximate surface area is 146 Å². The van der Waals surface area contributed by atoms with Crippen molar-refractivity contribution in [3.05, 3.63) is 0 Å². The molecule has 2 amide bonds. The van der Waals surface area contributed by atoms with Gasteiger partial charge in [-0.05, 0) is 54.9 Å². The van der Waals surface area contributed by atoms with Gasteiger partial charge in [-0.15, -0.1) is 0 Å². The maximum absolute atomic E-state index is 11.1. The summed E-state index contributed by atoms with van der Waals surface area (Å²) in [5, 5.41) is 2.58. The van der Waals surface area contributed by atoms with E-state index in [4.69, 9.17) is 10.5 Å². The standard InChI is InChI=1S/C10H19NO3.C5H11NO2.C2H6/c1-8(12)6-5-7-11-9(13)14-10(2,3)4;1-5(2,3)8-4(6)7;1-2/h5-7H2,1-4H3,(H,11,13);1-3H3,(H2,6,7);1-2H3. The Bertz CT molecular complexity index is 368. The summed E-state index contributed by atoms with van der Waals surface area (Å²) in [5.74, 6) is 0.135. The second kappa shape index (κ2) is 13.6. The molecule has 0 bridgehead atoms. The molecule has 0 spiro atoms. The van der Waals surface area contributed by atoms with Crippen LogP contribution < -0.4 is 11.1 Å². The minimum absolute atomic E-state index is 0.135. The maximum Gasteiger partial charge on any atom is 0.407 e. The molecule has 0 aromatic carbocycles. The first-order valence-corrected chi connectivity index (χ1v) is 8.17. The second-order valence-corrected chi connectivity index (χ2v) is 6.77. The van der Waals surface area contributed by atoms with E-state index >= 15 is 0 Å². The minimum Gasteiger partial charge on any atom is -0.444 e. The monoisotopic (exact) mass is 348 g/mol. The lowest BCUT2D eigenvalue weighted by molar-refractivity contribution is -0.117. The van der Waals surface area contributed by atoms with Crippen LogP contribution in [0.2, 0.25) is 0 Å². The van der Waals surface area contributed by atoms with E-state index in [2.05, 4.69) is 10.1 Å². The van der Waals surface area contributed by atoms with E-state index in [0.717, 1.165) is 0 Å². The van der Waals surface area contributed by atoms with E-state index < -0.39 is 23.4 Å². The largest absolute Gasteiger partial charge is 0.444 e. The van der Waals surface area contributed by atoms with Crippen molar-refractivity contribution in [3.8, 4) is 0 Å². The van der Waals surface area contributed by atoms with Gasteiger partial charge in [0, 0.05) is 13.0 Å². The summed E-state index contributed by atoms with van der Waals surface area (Å²) in [7, 11) is 0. The van der Waals surface area contributed by atoms with Crippen LogP contribution in [-0.2, 0) is 14.3 Å². The minimum atomic E-state index is -0.725. The van der Waals surface area contributed by atoms with E-state index in [-0.39, 0.29) is 5.78 Å². The number of amides is 2. The molecule has 7 heteroatoms. The van der Waals surface area contributed by atoms with Crippen LogP contribution in [0.25, 0.3) is 0 Å². The van der Waals surface area contributed by atoms with Gasteiger partial charge in [0.1, 0.15) is 17.0 Å². The zero-order chi connectivity index (χ0) is 20.0. The predicted octanol–water partition coefficient (Wildman–Crippen LogP) is 3.79. The quantitative estimate of drug-likeness (QED) is 0.752. The van der Waals surface area contributed by atoms with Crippen LogP contribution in [0.1, 0.15) is 75.2 Å². The van der Waals surface area contributed by atoms with Gasteiger partial charge in [0.15, 0.2) is 0 Å². The summed E-state index contributed by atoms with van der Waals surface area (Å²) in [6.07, 6.45) is 0.00300. The van der Waals surface area contributed by atoms with Crippen molar-refractivity contribution in [2.24, 2.45) is 5.73 Å². The molecule has 7 nitrogen and oxygen atoms in total. The van der Waals surface area contributed by atoms with Gasteiger partial charge in [-0.25, -0.2) is 9.59 Å². The van der Waals surface area contributed by atoms with Crippen molar-refractivity contribution in [1.82, 2.24) is 5.32 Å². The molecule has 0 aliphatic heterocycles. The normalized spacial score (nSPS) is 10.2. The van der Waals surface area contributed by atoms with Crippen molar-refractivity contribution in [2.75, 3.05) is 6.54 Å². The van der Waals surface area contributed by atoms with Crippen LogP contribution in [0.3, 0.4) is 0 Å². The molecule has 0 atom stereocenters. The Kier molecular flexibility index (Phi) is 15.4. The molecule has 0 heterocycles. The van der Waals surface area contributed by atoms with Gasteiger partial charge in [-0.3, -0.25) is 0 Å². The number of carbonyl (C=O) groups is 3. The number of alkyl carbamates (subject to hydrolysis) is 1. The Hall–Kier alpha value is -1.79.